The smallest absolute Gasteiger partial charge is 0.252 e. The summed E-state index contributed by atoms with van der Waals surface area (Å²) in [6.45, 7) is 0. The molecule has 17 heavy (non-hydrogen) atoms. The Kier molecular flexibility index (Phi) is 2.07. The van der Waals surface area contributed by atoms with E-state index in [0.717, 1.165) is 10.9 Å². The predicted molar refractivity (Wildman–Crippen MR) is 63.4 cm³/mol. The number of aromatic amines is 1. The van der Waals surface area contributed by atoms with Gasteiger partial charge in [0.05, 0.1) is 5.54 Å². The minimum atomic E-state index is -2.64. The third-order valence-electron chi connectivity index (χ3n) is 3.27. The van der Waals surface area contributed by atoms with Crippen molar-refractivity contribution in [2.75, 3.05) is 0 Å². The van der Waals surface area contributed by atoms with Crippen LogP contribution in [-0.2, 0) is 5.54 Å². The summed E-state index contributed by atoms with van der Waals surface area (Å²) >= 11 is 5.87. The van der Waals surface area contributed by atoms with Crippen molar-refractivity contribution in [3.8, 4) is 0 Å². The summed E-state index contributed by atoms with van der Waals surface area (Å²) in [5.41, 5.74) is 6.54. The van der Waals surface area contributed by atoms with Gasteiger partial charge in [-0.2, -0.15) is 0 Å². The average molecular weight is 257 g/mol. The molecule has 0 radical (unpaired) electrons. The molecule has 90 valence electrons. The van der Waals surface area contributed by atoms with Gasteiger partial charge in [-0.3, -0.25) is 0 Å². The van der Waals surface area contributed by atoms with Gasteiger partial charge in [-0.15, -0.1) is 0 Å². The Morgan fingerprint density at radius 1 is 1.24 bits per heavy atom. The van der Waals surface area contributed by atoms with Gasteiger partial charge < -0.3 is 10.7 Å². The molecule has 3 N–H and O–H groups in total. The van der Waals surface area contributed by atoms with Crippen molar-refractivity contribution in [1.82, 2.24) is 4.98 Å². The number of hydrogen-bond donors (Lipinski definition) is 2. The summed E-state index contributed by atoms with van der Waals surface area (Å²) < 4.78 is 25.8. The first-order valence-electron chi connectivity index (χ1n) is 5.34. The van der Waals surface area contributed by atoms with Crippen molar-refractivity contribution in [3.05, 3.63) is 35.0 Å². The minimum absolute atomic E-state index is 0.305. The molecule has 0 bridgehead atoms. The number of aromatic nitrogens is 1. The molecule has 1 aliphatic carbocycles. The molecule has 0 saturated heterocycles. The Labute approximate surface area is 102 Å². The molecule has 0 aliphatic heterocycles. The highest BCUT2D eigenvalue weighted by molar-refractivity contribution is 6.31. The maximum absolute atomic E-state index is 12.9. The van der Waals surface area contributed by atoms with Gasteiger partial charge >= 0.3 is 0 Å². The Hall–Kier alpha value is -1.13. The monoisotopic (exact) mass is 256 g/mol. The van der Waals surface area contributed by atoms with Gasteiger partial charge in [-0.25, -0.2) is 8.78 Å². The first-order chi connectivity index (χ1) is 7.88. The highest BCUT2D eigenvalue weighted by atomic mass is 35.5. The Morgan fingerprint density at radius 3 is 2.59 bits per heavy atom. The third kappa shape index (κ3) is 1.72. The Morgan fingerprint density at radius 2 is 1.94 bits per heavy atom. The SMILES string of the molecule is NC1(c2cc3cc(Cl)ccc3[nH]2)CC(F)(F)C1. The van der Waals surface area contributed by atoms with Gasteiger partial charge in [0.25, 0.3) is 5.92 Å². The zero-order valence-corrected chi connectivity index (χ0v) is 9.69. The zero-order valence-electron chi connectivity index (χ0n) is 8.93. The van der Waals surface area contributed by atoms with Crippen LogP contribution in [0, 0.1) is 0 Å². The summed E-state index contributed by atoms with van der Waals surface area (Å²) in [5.74, 6) is -2.64. The van der Waals surface area contributed by atoms with Crippen LogP contribution < -0.4 is 5.73 Å². The van der Waals surface area contributed by atoms with Gasteiger partial charge in [0, 0.05) is 34.5 Å². The maximum Gasteiger partial charge on any atom is 0.252 e. The van der Waals surface area contributed by atoms with E-state index in [4.69, 9.17) is 17.3 Å². The minimum Gasteiger partial charge on any atom is -0.357 e. The number of nitrogens with one attached hydrogen (secondary N) is 1. The van der Waals surface area contributed by atoms with E-state index >= 15 is 0 Å². The lowest BCUT2D eigenvalue weighted by Gasteiger charge is -2.43. The van der Waals surface area contributed by atoms with Crippen LogP contribution in [0.2, 0.25) is 5.02 Å². The van der Waals surface area contributed by atoms with Crippen molar-refractivity contribution in [2.24, 2.45) is 5.73 Å². The van der Waals surface area contributed by atoms with Crippen molar-refractivity contribution < 1.29 is 8.78 Å². The van der Waals surface area contributed by atoms with Crippen molar-refractivity contribution >= 4 is 22.5 Å². The molecule has 0 unspecified atom stereocenters. The summed E-state index contributed by atoms with van der Waals surface area (Å²) in [4.78, 5) is 3.09. The lowest BCUT2D eigenvalue weighted by atomic mass is 9.72. The molecule has 2 nitrogen and oxygen atoms in total. The molecule has 0 spiro atoms. The fourth-order valence-corrected chi connectivity index (χ4v) is 2.61. The highest BCUT2D eigenvalue weighted by Gasteiger charge is 2.55. The molecular formula is C12H11ClF2N2. The van der Waals surface area contributed by atoms with Crippen LogP contribution in [0.3, 0.4) is 0 Å². The van der Waals surface area contributed by atoms with E-state index in [1.807, 2.05) is 6.07 Å². The second-order valence-corrected chi connectivity index (χ2v) is 5.22. The Bertz CT molecular complexity index is 583. The van der Waals surface area contributed by atoms with Crippen molar-refractivity contribution in [1.29, 1.82) is 0 Å². The van der Waals surface area contributed by atoms with Gasteiger partial charge in [-0.05, 0) is 24.3 Å². The summed E-state index contributed by atoms with van der Waals surface area (Å²) in [7, 11) is 0. The van der Waals surface area contributed by atoms with Gasteiger partial charge in [0.1, 0.15) is 0 Å². The number of benzene rings is 1. The zero-order chi connectivity index (χ0) is 12.3. The van der Waals surface area contributed by atoms with Crippen LogP contribution >= 0.6 is 11.6 Å². The number of halogens is 3. The molecule has 1 aromatic heterocycles. The van der Waals surface area contributed by atoms with Crippen molar-refractivity contribution in [3.63, 3.8) is 0 Å². The van der Waals surface area contributed by atoms with Crippen molar-refractivity contribution in [2.45, 2.75) is 24.3 Å². The largest absolute Gasteiger partial charge is 0.357 e. The third-order valence-corrected chi connectivity index (χ3v) is 3.50. The maximum atomic E-state index is 12.9. The average Bonchev–Trinajstić information content (AvgIpc) is 2.57. The second-order valence-electron chi connectivity index (χ2n) is 4.78. The first-order valence-corrected chi connectivity index (χ1v) is 5.71. The molecule has 2 aromatic rings. The molecule has 1 aliphatic rings. The summed E-state index contributed by atoms with van der Waals surface area (Å²) in [6.07, 6.45) is -0.610. The number of alkyl halides is 2. The number of rotatable bonds is 1. The van der Waals surface area contributed by atoms with E-state index in [9.17, 15) is 8.78 Å². The molecule has 5 heteroatoms. The second kappa shape index (κ2) is 3.21. The van der Waals surface area contributed by atoms with E-state index < -0.39 is 11.5 Å². The number of nitrogens with two attached hydrogens (primary N) is 1. The molecule has 1 aromatic carbocycles. The molecule has 1 fully saturated rings. The molecule has 3 rings (SSSR count). The fraction of sp³-hybridized carbons (Fsp3) is 0.333. The van der Waals surface area contributed by atoms with Crippen LogP contribution in [0.15, 0.2) is 24.3 Å². The van der Waals surface area contributed by atoms with Gasteiger partial charge in [0.2, 0.25) is 0 Å². The quantitative estimate of drug-likeness (QED) is 0.807. The van der Waals surface area contributed by atoms with Crippen LogP contribution in [0.5, 0.6) is 0 Å². The Balaban J connectivity index is 2.02. The highest BCUT2D eigenvalue weighted by Crippen LogP contribution is 2.49. The van der Waals surface area contributed by atoms with E-state index in [1.54, 1.807) is 18.2 Å². The molecular weight excluding hydrogens is 246 g/mol. The molecule has 0 amide bonds. The summed E-state index contributed by atoms with van der Waals surface area (Å²) in [6, 6.07) is 7.16. The normalized spacial score (nSPS) is 21.4. The van der Waals surface area contributed by atoms with Gasteiger partial charge in [0.15, 0.2) is 0 Å². The molecule has 1 heterocycles. The van der Waals surface area contributed by atoms with E-state index in [-0.39, 0.29) is 12.8 Å². The summed E-state index contributed by atoms with van der Waals surface area (Å²) in [5, 5.41) is 1.51. The lowest BCUT2D eigenvalue weighted by molar-refractivity contribution is -0.126. The van der Waals surface area contributed by atoms with E-state index in [2.05, 4.69) is 4.98 Å². The molecule has 1 saturated carbocycles. The topological polar surface area (TPSA) is 41.8 Å². The molecule has 0 atom stereocenters. The van der Waals surface area contributed by atoms with Crippen LogP contribution in [0.25, 0.3) is 10.9 Å². The lowest BCUT2D eigenvalue weighted by Crippen LogP contribution is -2.55. The number of hydrogen-bond acceptors (Lipinski definition) is 1. The van der Waals surface area contributed by atoms with Crippen LogP contribution in [0.1, 0.15) is 18.5 Å². The van der Waals surface area contributed by atoms with Gasteiger partial charge in [-0.1, -0.05) is 11.6 Å². The van der Waals surface area contributed by atoms with E-state index in [0.29, 0.717) is 10.7 Å². The van der Waals surface area contributed by atoms with E-state index in [1.165, 1.54) is 0 Å². The standard InChI is InChI=1S/C12H11ClF2N2/c13-8-1-2-9-7(3-8)4-10(17-9)11(16)5-12(14,15)6-11/h1-4,17H,5-6,16H2. The number of fused-ring (bicyclic) bond motifs is 1. The number of H-pyrrole nitrogens is 1. The van der Waals surface area contributed by atoms with Crippen LogP contribution in [-0.4, -0.2) is 10.9 Å². The fourth-order valence-electron chi connectivity index (χ4n) is 2.43. The van der Waals surface area contributed by atoms with Crippen LogP contribution in [0.4, 0.5) is 8.78 Å². The predicted octanol–water partition coefficient (Wildman–Crippen LogP) is 3.40. The first kappa shape index (κ1) is 11.0.